The summed E-state index contributed by atoms with van der Waals surface area (Å²) in [6.07, 6.45) is 1.43. The number of benzene rings is 1. The largest absolute Gasteiger partial charge is 0.491 e. The van der Waals surface area contributed by atoms with Crippen LogP contribution in [0.1, 0.15) is 37.5 Å². The minimum atomic E-state index is -0.409. The highest BCUT2D eigenvalue weighted by atomic mass is 32.1. The first-order valence-corrected chi connectivity index (χ1v) is 7.55. The Morgan fingerprint density at radius 3 is 2.47 bits per heavy atom. The molecule has 1 aromatic heterocycles. The molecule has 0 spiro atoms. The highest BCUT2D eigenvalue weighted by molar-refractivity contribution is 7.07. The zero-order valence-corrected chi connectivity index (χ0v) is 12.2. The maximum absolute atomic E-state index is 10.2. The Hall–Kier alpha value is -1.32. The Balaban J connectivity index is 1.90. The summed E-state index contributed by atoms with van der Waals surface area (Å²) in [4.78, 5) is 0. The van der Waals surface area contributed by atoms with Crippen LogP contribution in [0.5, 0.6) is 5.75 Å². The molecule has 3 heteroatoms. The van der Waals surface area contributed by atoms with E-state index in [0.717, 1.165) is 24.2 Å². The van der Waals surface area contributed by atoms with Gasteiger partial charge in [-0.25, -0.2) is 0 Å². The number of ether oxygens (including phenoxy) is 1. The van der Waals surface area contributed by atoms with Gasteiger partial charge in [-0.05, 0) is 66.8 Å². The molecule has 0 aliphatic carbocycles. The quantitative estimate of drug-likeness (QED) is 0.856. The third kappa shape index (κ3) is 4.37. The van der Waals surface area contributed by atoms with Crippen molar-refractivity contribution in [1.29, 1.82) is 0 Å². The van der Waals surface area contributed by atoms with Crippen LogP contribution >= 0.6 is 11.3 Å². The molecule has 102 valence electrons. The summed E-state index contributed by atoms with van der Waals surface area (Å²) in [5.74, 6) is 0.851. The Morgan fingerprint density at radius 2 is 1.89 bits per heavy atom. The number of aliphatic hydroxyl groups excluding tert-OH is 1. The molecule has 1 heterocycles. The predicted molar refractivity (Wildman–Crippen MR) is 79.8 cm³/mol. The van der Waals surface area contributed by atoms with Gasteiger partial charge in [-0.3, -0.25) is 0 Å². The first-order valence-electron chi connectivity index (χ1n) is 6.61. The molecule has 0 aliphatic rings. The first-order chi connectivity index (χ1) is 9.15. The summed E-state index contributed by atoms with van der Waals surface area (Å²) in [5, 5.41) is 14.4. The lowest BCUT2D eigenvalue weighted by Gasteiger charge is -2.13. The molecule has 1 unspecified atom stereocenters. The Kier molecular flexibility index (Phi) is 5.00. The average molecular weight is 276 g/mol. The van der Waals surface area contributed by atoms with Crippen molar-refractivity contribution in [2.24, 2.45) is 0 Å². The molecule has 0 saturated heterocycles. The van der Waals surface area contributed by atoms with Gasteiger partial charge in [-0.1, -0.05) is 12.1 Å². The van der Waals surface area contributed by atoms with Crippen molar-refractivity contribution in [1.82, 2.24) is 0 Å². The van der Waals surface area contributed by atoms with Gasteiger partial charge in [0.1, 0.15) is 5.75 Å². The van der Waals surface area contributed by atoms with Crippen LogP contribution in [-0.4, -0.2) is 11.2 Å². The molecule has 2 aromatic rings. The van der Waals surface area contributed by atoms with Crippen LogP contribution in [-0.2, 0) is 6.42 Å². The molecule has 1 aromatic carbocycles. The molecule has 1 N–H and O–H groups in total. The fourth-order valence-corrected chi connectivity index (χ4v) is 2.65. The van der Waals surface area contributed by atoms with Crippen molar-refractivity contribution in [3.63, 3.8) is 0 Å². The van der Waals surface area contributed by atoms with Gasteiger partial charge in [0.2, 0.25) is 0 Å². The minimum Gasteiger partial charge on any atom is -0.491 e. The lowest BCUT2D eigenvalue weighted by atomic mass is 10.0. The van der Waals surface area contributed by atoms with Crippen molar-refractivity contribution < 1.29 is 9.84 Å². The molecule has 0 amide bonds. The number of aliphatic hydroxyl groups is 1. The van der Waals surface area contributed by atoms with Crippen LogP contribution in [0.4, 0.5) is 0 Å². The zero-order valence-electron chi connectivity index (χ0n) is 11.4. The van der Waals surface area contributed by atoms with E-state index in [-0.39, 0.29) is 6.10 Å². The van der Waals surface area contributed by atoms with Crippen LogP contribution in [0.2, 0.25) is 0 Å². The van der Waals surface area contributed by atoms with Gasteiger partial charge < -0.3 is 9.84 Å². The van der Waals surface area contributed by atoms with E-state index < -0.39 is 6.10 Å². The highest BCUT2D eigenvalue weighted by Crippen LogP contribution is 2.22. The number of thiophene rings is 1. The second-order valence-electron chi connectivity index (χ2n) is 4.92. The molecule has 19 heavy (non-hydrogen) atoms. The fraction of sp³-hybridized carbons (Fsp3) is 0.375. The predicted octanol–water partition coefficient (Wildman–Crippen LogP) is 4.20. The Bertz CT molecular complexity index is 474. The molecule has 2 rings (SSSR count). The van der Waals surface area contributed by atoms with E-state index in [0.29, 0.717) is 0 Å². The summed E-state index contributed by atoms with van der Waals surface area (Å²) in [5.41, 5.74) is 2.25. The van der Waals surface area contributed by atoms with E-state index in [2.05, 4.69) is 16.8 Å². The second kappa shape index (κ2) is 6.73. The lowest BCUT2D eigenvalue weighted by Crippen LogP contribution is -2.05. The van der Waals surface area contributed by atoms with E-state index in [9.17, 15) is 5.11 Å². The van der Waals surface area contributed by atoms with Gasteiger partial charge in [-0.15, -0.1) is 0 Å². The van der Waals surface area contributed by atoms with Gasteiger partial charge >= 0.3 is 0 Å². The first kappa shape index (κ1) is 14.1. The SMILES string of the molecule is CC(C)Oc1ccc(C(O)CCc2ccsc2)cc1. The smallest absolute Gasteiger partial charge is 0.119 e. The summed E-state index contributed by atoms with van der Waals surface area (Å²) >= 11 is 1.70. The Labute approximate surface area is 118 Å². The third-order valence-electron chi connectivity index (χ3n) is 2.92. The van der Waals surface area contributed by atoms with Crippen LogP contribution in [0.25, 0.3) is 0 Å². The Morgan fingerprint density at radius 1 is 1.16 bits per heavy atom. The topological polar surface area (TPSA) is 29.5 Å². The number of hydrogen-bond acceptors (Lipinski definition) is 3. The van der Waals surface area contributed by atoms with Gasteiger partial charge in [0.05, 0.1) is 12.2 Å². The molecule has 2 nitrogen and oxygen atoms in total. The maximum atomic E-state index is 10.2. The molecular weight excluding hydrogens is 256 g/mol. The van der Waals surface area contributed by atoms with E-state index in [1.54, 1.807) is 11.3 Å². The van der Waals surface area contributed by atoms with Crippen molar-refractivity contribution >= 4 is 11.3 Å². The van der Waals surface area contributed by atoms with Crippen LogP contribution in [0.3, 0.4) is 0 Å². The van der Waals surface area contributed by atoms with Crippen molar-refractivity contribution in [3.05, 3.63) is 52.2 Å². The van der Waals surface area contributed by atoms with E-state index in [4.69, 9.17) is 4.74 Å². The second-order valence-corrected chi connectivity index (χ2v) is 5.70. The highest BCUT2D eigenvalue weighted by Gasteiger charge is 2.08. The molecule has 0 saturated carbocycles. The molecule has 0 fully saturated rings. The lowest BCUT2D eigenvalue weighted by molar-refractivity contribution is 0.167. The molecular formula is C16H20O2S. The summed E-state index contributed by atoms with van der Waals surface area (Å²) in [7, 11) is 0. The summed E-state index contributed by atoms with van der Waals surface area (Å²) in [6, 6.07) is 9.83. The van der Waals surface area contributed by atoms with Crippen LogP contribution in [0.15, 0.2) is 41.1 Å². The molecule has 1 atom stereocenters. The molecule has 0 aliphatic heterocycles. The zero-order chi connectivity index (χ0) is 13.7. The van der Waals surface area contributed by atoms with E-state index in [1.165, 1.54) is 5.56 Å². The maximum Gasteiger partial charge on any atom is 0.119 e. The van der Waals surface area contributed by atoms with E-state index in [1.807, 2.05) is 38.1 Å². The van der Waals surface area contributed by atoms with Crippen molar-refractivity contribution in [2.75, 3.05) is 0 Å². The van der Waals surface area contributed by atoms with Gasteiger partial charge in [0, 0.05) is 0 Å². The summed E-state index contributed by atoms with van der Waals surface area (Å²) < 4.78 is 5.59. The van der Waals surface area contributed by atoms with Gasteiger partial charge in [-0.2, -0.15) is 11.3 Å². The molecule has 0 radical (unpaired) electrons. The third-order valence-corrected chi connectivity index (χ3v) is 3.66. The average Bonchev–Trinajstić information content (AvgIpc) is 2.89. The van der Waals surface area contributed by atoms with Gasteiger partial charge in [0.25, 0.3) is 0 Å². The normalized spacial score (nSPS) is 12.6. The number of rotatable bonds is 6. The van der Waals surface area contributed by atoms with Crippen molar-refractivity contribution in [2.45, 2.75) is 38.9 Å². The van der Waals surface area contributed by atoms with Crippen LogP contribution in [0, 0.1) is 0 Å². The summed E-state index contributed by atoms with van der Waals surface area (Å²) in [6.45, 7) is 4.01. The minimum absolute atomic E-state index is 0.175. The van der Waals surface area contributed by atoms with Crippen molar-refractivity contribution in [3.8, 4) is 5.75 Å². The number of aryl methyl sites for hydroxylation is 1. The van der Waals surface area contributed by atoms with Gasteiger partial charge in [0.15, 0.2) is 0 Å². The van der Waals surface area contributed by atoms with E-state index >= 15 is 0 Å². The monoisotopic (exact) mass is 276 g/mol. The van der Waals surface area contributed by atoms with Crippen LogP contribution < -0.4 is 4.74 Å². The standard InChI is InChI=1S/C16H20O2S/c1-12(2)18-15-6-4-14(5-7-15)16(17)8-3-13-9-10-19-11-13/h4-7,9-12,16-17H,3,8H2,1-2H3. The molecule has 0 bridgehead atoms. The number of hydrogen-bond donors (Lipinski definition) is 1. The fourth-order valence-electron chi connectivity index (χ4n) is 1.95.